The van der Waals surface area contributed by atoms with Crippen molar-refractivity contribution in [2.75, 3.05) is 32.7 Å². The zero-order valence-electron chi connectivity index (χ0n) is 27.3. The second kappa shape index (κ2) is 14.1. The van der Waals surface area contributed by atoms with E-state index in [1.54, 1.807) is 30.5 Å². The number of benzene rings is 2. The Hall–Kier alpha value is -3.78. The molecule has 14 heteroatoms. The number of nitrogens with zero attached hydrogens (tertiary/aromatic N) is 3. The van der Waals surface area contributed by atoms with Crippen LogP contribution in [-0.2, 0) is 22.6 Å². The lowest BCUT2D eigenvalue weighted by Crippen LogP contribution is -2.59. The van der Waals surface area contributed by atoms with Crippen molar-refractivity contribution in [2.24, 2.45) is 5.41 Å². The second-order valence-corrected chi connectivity index (χ2v) is 13.9. The first-order chi connectivity index (χ1) is 23.6. The maximum Gasteiger partial charge on any atom is 0.403 e. The highest BCUT2D eigenvalue weighted by Crippen LogP contribution is 2.48. The number of carbonyl (C=O) groups excluding carboxylic acids is 1. The molecule has 6 rings (SSSR count). The summed E-state index contributed by atoms with van der Waals surface area (Å²) in [6.07, 6.45) is -7.55. The van der Waals surface area contributed by atoms with Crippen LogP contribution in [0.5, 0.6) is 0 Å². The fourth-order valence-electron chi connectivity index (χ4n) is 7.41. The predicted molar refractivity (Wildman–Crippen MR) is 172 cm³/mol. The van der Waals surface area contributed by atoms with Gasteiger partial charge in [0.2, 0.25) is 5.91 Å². The highest BCUT2D eigenvalue weighted by Gasteiger charge is 2.61. The molecule has 2 aromatic carbocycles. The van der Waals surface area contributed by atoms with Crippen molar-refractivity contribution in [1.29, 1.82) is 0 Å². The van der Waals surface area contributed by atoms with Crippen LogP contribution in [0.15, 0.2) is 48.7 Å². The molecule has 3 aliphatic rings. The number of aliphatic carboxylic acids is 1. The van der Waals surface area contributed by atoms with Gasteiger partial charge in [-0.3, -0.25) is 19.6 Å². The SMILES string of the molecule is O=C(O)[C@H](Cc1cccc2c(-c3ncc(CN4CCC[C@@H](F)C4)cc3C3CC3)cccc12)NC(=O)C1(C(F)(F)F)CCN(CC(F)(F)F)CC1. The van der Waals surface area contributed by atoms with E-state index in [0.29, 0.717) is 36.4 Å². The Morgan fingerprint density at radius 2 is 1.66 bits per heavy atom. The van der Waals surface area contributed by atoms with Gasteiger partial charge in [-0.25, -0.2) is 9.18 Å². The van der Waals surface area contributed by atoms with E-state index in [2.05, 4.69) is 16.3 Å². The van der Waals surface area contributed by atoms with Crippen LogP contribution in [0.25, 0.3) is 22.0 Å². The lowest BCUT2D eigenvalue weighted by molar-refractivity contribution is -0.236. The van der Waals surface area contributed by atoms with Gasteiger partial charge in [-0.15, -0.1) is 0 Å². The Morgan fingerprint density at radius 3 is 2.30 bits per heavy atom. The number of pyridine rings is 1. The van der Waals surface area contributed by atoms with Gasteiger partial charge in [0.05, 0.1) is 12.2 Å². The molecule has 50 heavy (non-hydrogen) atoms. The number of halogens is 7. The van der Waals surface area contributed by atoms with E-state index in [-0.39, 0.29) is 6.42 Å². The molecule has 1 amide bonds. The minimum atomic E-state index is -5.11. The van der Waals surface area contributed by atoms with Crippen LogP contribution in [-0.4, -0.2) is 89.1 Å². The first-order valence-corrected chi connectivity index (χ1v) is 16.9. The van der Waals surface area contributed by atoms with Crippen LogP contribution >= 0.6 is 0 Å². The summed E-state index contributed by atoms with van der Waals surface area (Å²) in [5.41, 5.74) is 1.10. The van der Waals surface area contributed by atoms with Crippen molar-refractivity contribution >= 4 is 22.6 Å². The number of alkyl halides is 7. The highest BCUT2D eigenvalue weighted by atomic mass is 19.4. The topological polar surface area (TPSA) is 85.8 Å². The molecule has 0 unspecified atom stereocenters. The van der Waals surface area contributed by atoms with Gasteiger partial charge in [0.1, 0.15) is 17.6 Å². The number of likely N-dealkylation sites (tertiary alicyclic amines) is 2. The first kappa shape index (κ1) is 36.0. The quantitative estimate of drug-likeness (QED) is 0.220. The van der Waals surface area contributed by atoms with Crippen LogP contribution in [0.1, 0.15) is 61.1 Å². The number of aromatic nitrogens is 1. The predicted octanol–water partition coefficient (Wildman–Crippen LogP) is 7.03. The van der Waals surface area contributed by atoms with Gasteiger partial charge in [-0.05, 0) is 91.5 Å². The highest BCUT2D eigenvalue weighted by molar-refractivity contribution is 5.99. The molecule has 3 heterocycles. The average Bonchev–Trinajstić information content (AvgIpc) is 3.89. The van der Waals surface area contributed by atoms with E-state index in [1.807, 2.05) is 12.1 Å². The van der Waals surface area contributed by atoms with Gasteiger partial charge >= 0.3 is 18.3 Å². The minimum Gasteiger partial charge on any atom is -0.480 e. The summed E-state index contributed by atoms with van der Waals surface area (Å²) in [7, 11) is 0. The van der Waals surface area contributed by atoms with Crippen LogP contribution in [0.2, 0.25) is 0 Å². The van der Waals surface area contributed by atoms with Crippen molar-refractivity contribution in [3.05, 3.63) is 65.4 Å². The lowest BCUT2D eigenvalue weighted by atomic mass is 9.76. The molecule has 2 N–H and O–H groups in total. The molecular weight excluding hydrogens is 669 g/mol. The maximum absolute atomic E-state index is 14.4. The Labute approximate surface area is 284 Å². The molecule has 0 spiro atoms. The van der Waals surface area contributed by atoms with E-state index in [9.17, 15) is 45.4 Å². The first-order valence-electron chi connectivity index (χ1n) is 16.9. The molecule has 2 atom stereocenters. The Kier molecular flexibility index (Phi) is 10.2. The number of rotatable bonds is 10. The van der Waals surface area contributed by atoms with Gasteiger partial charge in [0.15, 0.2) is 0 Å². The number of hydrogen-bond donors (Lipinski definition) is 2. The fourth-order valence-corrected chi connectivity index (χ4v) is 7.41. The summed E-state index contributed by atoms with van der Waals surface area (Å²) in [5.74, 6) is -2.78. The Bertz CT molecular complexity index is 1720. The van der Waals surface area contributed by atoms with E-state index < -0.39 is 74.3 Å². The molecule has 0 bridgehead atoms. The molecular formula is C36H39F7N4O3. The minimum absolute atomic E-state index is 0.319. The molecule has 270 valence electrons. The molecule has 1 aliphatic carbocycles. The summed E-state index contributed by atoms with van der Waals surface area (Å²) >= 11 is 0. The number of piperidine rings is 2. The molecule has 2 aliphatic heterocycles. The smallest absolute Gasteiger partial charge is 0.403 e. The molecule has 2 saturated heterocycles. The normalized spacial score (nSPS) is 21.2. The number of hydrogen-bond acceptors (Lipinski definition) is 5. The summed E-state index contributed by atoms with van der Waals surface area (Å²) < 4.78 is 95.8. The van der Waals surface area contributed by atoms with E-state index in [4.69, 9.17) is 4.98 Å². The zero-order chi connectivity index (χ0) is 35.8. The number of carboxylic acid groups (broad SMARTS) is 1. The van der Waals surface area contributed by atoms with Crippen LogP contribution in [0, 0.1) is 5.41 Å². The number of amides is 1. The van der Waals surface area contributed by atoms with E-state index >= 15 is 0 Å². The van der Waals surface area contributed by atoms with Crippen LogP contribution < -0.4 is 5.32 Å². The molecule has 3 fully saturated rings. The van der Waals surface area contributed by atoms with Gasteiger partial charge in [-0.1, -0.05) is 42.5 Å². The van der Waals surface area contributed by atoms with Crippen molar-refractivity contribution in [2.45, 2.75) is 82.0 Å². The van der Waals surface area contributed by atoms with E-state index in [1.165, 1.54) is 0 Å². The van der Waals surface area contributed by atoms with Gasteiger partial charge in [-0.2, -0.15) is 26.3 Å². The third-order valence-electron chi connectivity index (χ3n) is 10.2. The molecule has 1 aromatic heterocycles. The third kappa shape index (κ3) is 7.91. The average molecular weight is 709 g/mol. The number of carboxylic acids is 1. The fraction of sp³-hybridized carbons (Fsp3) is 0.528. The summed E-state index contributed by atoms with van der Waals surface area (Å²) in [5, 5.41) is 13.5. The summed E-state index contributed by atoms with van der Waals surface area (Å²) in [4.78, 5) is 33.4. The third-order valence-corrected chi connectivity index (χ3v) is 10.2. The molecule has 7 nitrogen and oxygen atoms in total. The lowest BCUT2D eigenvalue weighted by Gasteiger charge is -2.42. The van der Waals surface area contributed by atoms with Gasteiger partial charge < -0.3 is 10.4 Å². The van der Waals surface area contributed by atoms with Crippen LogP contribution in [0.4, 0.5) is 30.7 Å². The Morgan fingerprint density at radius 1 is 0.960 bits per heavy atom. The van der Waals surface area contributed by atoms with Crippen molar-refractivity contribution in [3.63, 3.8) is 0 Å². The monoisotopic (exact) mass is 708 g/mol. The molecule has 1 saturated carbocycles. The maximum atomic E-state index is 14.4. The van der Waals surface area contributed by atoms with Crippen molar-refractivity contribution < 1.29 is 45.4 Å². The van der Waals surface area contributed by atoms with Crippen LogP contribution in [0.3, 0.4) is 0 Å². The largest absolute Gasteiger partial charge is 0.480 e. The second-order valence-electron chi connectivity index (χ2n) is 13.9. The summed E-state index contributed by atoms with van der Waals surface area (Å²) in [6, 6.07) is 11.1. The van der Waals surface area contributed by atoms with Crippen molar-refractivity contribution in [3.8, 4) is 11.3 Å². The Balaban J connectivity index is 1.25. The number of carbonyl (C=O) groups is 2. The summed E-state index contributed by atoms with van der Waals surface area (Å²) in [6.45, 7) is -0.832. The molecule has 0 radical (unpaired) electrons. The van der Waals surface area contributed by atoms with Gasteiger partial charge in [0, 0.05) is 31.3 Å². The zero-order valence-corrected chi connectivity index (χ0v) is 27.3. The molecule has 3 aromatic rings. The number of fused-ring (bicyclic) bond motifs is 1. The van der Waals surface area contributed by atoms with Gasteiger partial charge in [0.25, 0.3) is 0 Å². The van der Waals surface area contributed by atoms with E-state index in [0.717, 1.165) is 58.5 Å². The number of nitrogens with one attached hydrogen (secondary N) is 1. The standard InChI is InChI=1S/C36H39F7N4O3/c37-25-5-3-13-47(20-25)19-22-16-29(23-9-10-23)31(44-18-22)28-8-2-6-26-24(4-1-7-27(26)28)17-30(32(48)49)45-33(50)34(36(41,42)43)11-14-46(15-12-34)21-35(38,39)40/h1-2,4,6-8,16,18,23,25,30H,3,5,9-15,17,19-21H2,(H,45,50)(H,48,49)/t25-,30+/m1/s1. The van der Waals surface area contributed by atoms with Crippen molar-refractivity contribution in [1.82, 2.24) is 20.1 Å².